The van der Waals surface area contributed by atoms with Crippen LogP contribution in [0.5, 0.6) is 5.75 Å². The SMILES string of the molecule is COc1ccc(C(NC(=O)C(C)c2cnn(C)c2)C(=O)Nc2ccc([Si](C)(C)C)cc2)cc1. The molecule has 2 amide bonds. The third kappa shape index (κ3) is 6.10. The van der Waals surface area contributed by atoms with Gasteiger partial charge in [-0.15, -0.1) is 0 Å². The number of anilines is 1. The number of aryl methyl sites for hydroxylation is 1. The number of hydrogen-bond acceptors (Lipinski definition) is 4. The quantitative estimate of drug-likeness (QED) is 0.499. The summed E-state index contributed by atoms with van der Waals surface area (Å²) in [5.74, 6) is -0.348. The molecule has 0 aliphatic heterocycles. The molecule has 2 atom stereocenters. The van der Waals surface area contributed by atoms with Gasteiger partial charge < -0.3 is 15.4 Å². The van der Waals surface area contributed by atoms with Crippen LogP contribution in [0.15, 0.2) is 60.9 Å². The lowest BCUT2D eigenvalue weighted by atomic mass is 10.0. The molecule has 2 aromatic carbocycles. The van der Waals surface area contributed by atoms with Crippen LogP contribution in [0.2, 0.25) is 19.6 Å². The predicted molar refractivity (Wildman–Crippen MR) is 134 cm³/mol. The second kappa shape index (κ2) is 10.0. The number of aromatic nitrogens is 2. The Balaban J connectivity index is 1.82. The van der Waals surface area contributed by atoms with Crippen molar-refractivity contribution in [2.45, 2.75) is 38.5 Å². The number of amides is 2. The molecule has 0 saturated carbocycles. The summed E-state index contributed by atoms with van der Waals surface area (Å²) < 4.78 is 6.88. The third-order valence-electron chi connectivity index (χ3n) is 5.63. The van der Waals surface area contributed by atoms with E-state index in [4.69, 9.17) is 4.74 Å². The second-order valence-electron chi connectivity index (χ2n) is 9.20. The number of carbonyl (C=O) groups excluding carboxylic acids is 2. The number of benzene rings is 2. The zero-order valence-electron chi connectivity index (χ0n) is 20.0. The van der Waals surface area contributed by atoms with Crippen LogP contribution in [0.3, 0.4) is 0 Å². The second-order valence-corrected chi connectivity index (χ2v) is 14.3. The Bertz CT molecular complexity index is 1100. The Morgan fingerprint density at radius 3 is 2.12 bits per heavy atom. The first kappa shape index (κ1) is 24.3. The molecule has 0 radical (unpaired) electrons. The van der Waals surface area contributed by atoms with Gasteiger partial charge in [-0.1, -0.05) is 49.1 Å². The molecule has 33 heavy (non-hydrogen) atoms. The number of rotatable bonds is 8. The van der Waals surface area contributed by atoms with Gasteiger partial charge in [0.2, 0.25) is 5.91 Å². The smallest absolute Gasteiger partial charge is 0.251 e. The average Bonchev–Trinajstić information content (AvgIpc) is 3.22. The minimum atomic E-state index is -1.43. The van der Waals surface area contributed by atoms with Gasteiger partial charge in [0.15, 0.2) is 0 Å². The third-order valence-corrected chi connectivity index (χ3v) is 7.70. The number of nitrogens with zero attached hydrogens (tertiary/aromatic N) is 2. The highest BCUT2D eigenvalue weighted by Gasteiger charge is 2.27. The summed E-state index contributed by atoms with van der Waals surface area (Å²) in [7, 11) is 1.95. The van der Waals surface area contributed by atoms with Crippen LogP contribution in [0.25, 0.3) is 0 Å². The van der Waals surface area contributed by atoms with Gasteiger partial charge in [0.1, 0.15) is 11.8 Å². The number of carbonyl (C=O) groups is 2. The Hall–Kier alpha value is -3.39. The molecule has 174 valence electrons. The molecule has 0 aliphatic carbocycles. The average molecular weight is 465 g/mol. The van der Waals surface area contributed by atoms with Crippen molar-refractivity contribution in [3.05, 3.63) is 72.1 Å². The predicted octanol–water partition coefficient (Wildman–Crippen LogP) is 3.57. The standard InChI is InChI=1S/C25H32N4O3Si/c1-17(19-15-26-29(2)16-19)24(30)28-23(18-7-11-21(32-3)12-8-18)25(31)27-20-9-13-22(14-10-20)33(4,5)6/h7-17,23H,1-6H3,(H,27,31)(H,28,30). The van der Waals surface area contributed by atoms with Crippen molar-refractivity contribution in [2.24, 2.45) is 7.05 Å². The van der Waals surface area contributed by atoms with Crippen molar-refractivity contribution in [2.75, 3.05) is 12.4 Å². The molecule has 2 N–H and O–H groups in total. The lowest BCUT2D eigenvalue weighted by molar-refractivity contribution is -0.127. The van der Waals surface area contributed by atoms with Gasteiger partial charge >= 0.3 is 0 Å². The summed E-state index contributed by atoms with van der Waals surface area (Å²) in [4.78, 5) is 26.3. The van der Waals surface area contributed by atoms with Crippen LogP contribution >= 0.6 is 0 Å². The van der Waals surface area contributed by atoms with E-state index in [1.54, 1.807) is 62.4 Å². The molecule has 1 aromatic heterocycles. The molecule has 0 saturated heterocycles. The highest BCUT2D eigenvalue weighted by atomic mass is 28.3. The summed E-state index contributed by atoms with van der Waals surface area (Å²) in [5.41, 5.74) is 2.14. The van der Waals surface area contributed by atoms with Crippen LogP contribution < -0.4 is 20.6 Å². The van der Waals surface area contributed by atoms with Crippen LogP contribution in [0, 0.1) is 0 Å². The highest BCUT2D eigenvalue weighted by molar-refractivity contribution is 6.88. The molecule has 3 aromatic rings. The molecule has 8 heteroatoms. The highest BCUT2D eigenvalue weighted by Crippen LogP contribution is 2.22. The Kier molecular flexibility index (Phi) is 7.38. The van der Waals surface area contributed by atoms with Gasteiger partial charge in [-0.3, -0.25) is 14.3 Å². The normalized spacial score (nSPS) is 13.2. The number of hydrogen-bond donors (Lipinski definition) is 2. The maximum atomic E-state index is 13.3. The summed E-state index contributed by atoms with van der Waals surface area (Å²) in [6.45, 7) is 8.63. The maximum Gasteiger partial charge on any atom is 0.251 e. The molecule has 7 nitrogen and oxygen atoms in total. The van der Waals surface area contributed by atoms with Crippen molar-refractivity contribution in [3.8, 4) is 5.75 Å². The minimum Gasteiger partial charge on any atom is -0.497 e. The van der Waals surface area contributed by atoms with Crippen LogP contribution in [0.1, 0.15) is 30.0 Å². The lowest BCUT2D eigenvalue weighted by Crippen LogP contribution is -2.39. The van der Waals surface area contributed by atoms with Crippen LogP contribution in [-0.4, -0.2) is 36.8 Å². The van der Waals surface area contributed by atoms with Crippen molar-refractivity contribution in [1.82, 2.24) is 15.1 Å². The van der Waals surface area contributed by atoms with Crippen LogP contribution in [0.4, 0.5) is 5.69 Å². The zero-order chi connectivity index (χ0) is 24.2. The summed E-state index contributed by atoms with van der Waals surface area (Å²) in [5, 5.41) is 11.3. The van der Waals surface area contributed by atoms with Crippen molar-refractivity contribution < 1.29 is 14.3 Å². The molecular formula is C25H32N4O3Si. The molecule has 0 bridgehead atoms. The van der Waals surface area contributed by atoms with Gasteiger partial charge in [-0.25, -0.2) is 0 Å². The van der Waals surface area contributed by atoms with E-state index in [2.05, 4.69) is 47.5 Å². The molecular weight excluding hydrogens is 432 g/mol. The van der Waals surface area contributed by atoms with Crippen molar-refractivity contribution in [1.29, 1.82) is 0 Å². The summed E-state index contributed by atoms with van der Waals surface area (Å²) in [6, 6.07) is 14.2. The Morgan fingerprint density at radius 1 is 0.970 bits per heavy atom. The van der Waals surface area contributed by atoms with Gasteiger partial charge in [0.25, 0.3) is 5.91 Å². The molecule has 0 aliphatic rings. The van der Waals surface area contributed by atoms with E-state index >= 15 is 0 Å². The largest absolute Gasteiger partial charge is 0.497 e. The van der Waals surface area contributed by atoms with E-state index < -0.39 is 20.0 Å². The van der Waals surface area contributed by atoms with Gasteiger partial charge in [0, 0.05) is 24.5 Å². The van der Waals surface area contributed by atoms with Crippen molar-refractivity contribution in [3.63, 3.8) is 0 Å². The fourth-order valence-electron chi connectivity index (χ4n) is 3.45. The van der Waals surface area contributed by atoms with E-state index in [0.717, 1.165) is 5.56 Å². The molecule has 0 fully saturated rings. The van der Waals surface area contributed by atoms with Gasteiger partial charge in [-0.05, 0) is 36.8 Å². The molecule has 1 heterocycles. The molecule has 3 rings (SSSR count). The zero-order valence-corrected chi connectivity index (χ0v) is 21.0. The number of ether oxygens (including phenoxy) is 1. The van der Waals surface area contributed by atoms with E-state index in [1.165, 1.54) is 5.19 Å². The summed E-state index contributed by atoms with van der Waals surface area (Å²) >= 11 is 0. The monoisotopic (exact) mass is 464 g/mol. The summed E-state index contributed by atoms with van der Waals surface area (Å²) in [6.07, 6.45) is 3.46. The topological polar surface area (TPSA) is 85.2 Å². The number of methoxy groups -OCH3 is 1. The number of nitrogens with one attached hydrogen (secondary N) is 2. The first-order chi connectivity index (χ1) is 15.6. The first-order valence-corrected chi connectivity index (χ1v) is 14.4. The van der Waals surface area contributed by atoms with E-state index in [9.17, 15) is 9.59 Å². The van der Waals surface area contributed by atoms with Crippen molar-refractivity contribution >= 4 is 30.8 Å². The van der Waals surface area contributed by atoms with Crippen LogP contribution in [-0.2, 0) is 16.6 Å². The van der Waals surface area contributed by atoms with Gasteiger partial charge in [-0.2, -0.15) is 5.10 Å². The maximum absolute atomic E-state index is 13.3. The van der Waals surface area contributed by atoms with Gasteiger partial charge in [0.05, 0.1) is 27.3 Å². The Morgan fingerprint density at radius 2 is 1.61 bits per heavy atom. The Labute approximate surface area is 196 Å². The minimum absolute atomic E-state index is 0.256. The van der Waals surface area contributed by atoms with E-state index in [-0.39, 0.29) is 11.8 Å². The van der Waals surface area contributed by atoms with E-state index in [1.807, 2.05) is 12.1 Å². The molecule has 2 unspecified atom stereocenters. The first-order valence-electron chi connectivity index (χ1n) is 10.9. The fourth-order valence-corrected chi connectivity index (χ4v) is 4.61. The molecule has 0 spiro atoms. The fraction of sp³-hybridized carbons (Fsp3) is 0.320. The van der Waals surface area contributed by atoms with E-state index in [0.29, 0.717) is 17.0 Å². The lowest BCUT2D eigenvalue weighted by Gasteiger charge is -2.22.